The van der Waals surface area contributed by atoms with Gasteiger partial charge in [0.05, 0.1) is 24.7 Å². The molecule has 1 aromatic heterocycles. The van der Waals surface area contributed by atoms with Gasteiger partial charge in [0, 0.05) is 22.2 Å². The monoisotopic (exact) mass is 512 g/mol. The molecule has 5 heteroatoms. The molecule has 0 radical (unpaired) electrons. The first-order chi connectivity index (χ1) is 18.1. The lowest BCUT2D eigenvalue weighted by molar-refractivity contribution is -0.199. The van der Waals surface area contributed by atoms with Crippen LogP contribution >= 0.6 is 0 Å². The van der Waals surface area contributed by atoms with E-state index in [1.807, 2.05) is 30.5 Å². The highest BCUT2D eigenvalue weighted by molar-refractivity contribution is 5.97. The molecular weight excluding hydrogens is 476 g/mol. The first-order valence-electron chi connectivity index (χ1n) is 14.0. The number of hydrogen-bond donors (Lipinski definition) is 0. The Morgan fingerprint density at radius 2 is 1.84 bits per heavy atom. The number of benzene rings is 1. The van der Waals surface area contributed by atoms with E-state index in [2.05, 4.69) is 45.9 Å². The van der Waals surface area contributed by atoms with Crippen LogP contribution in [0, 0.1) is 33.5 Å². The van der Waals surface area contributed by atoms with Crippen molar-refractivity contribution in [3.05, 3.63) is 83.9 Å². The molecule has 9 unspecified atom stereocenters. The maximum Gasteiger partial charge on any atom is 0.338 e. The molecule has 1 aliphatic heterocycles. The number of fused-ring (bicyclic) bond motifs is 4. The quantitative estimate of drug-likeness (QED) is 0.346. The van der Waals surface area contributed by atoms with E-state index in [0.29, 0.717) is 18.1 Å². The van der Waals surface area contributed by atoms with E-state index >= 15 is 0 Å². The lowest BCUT2D eigenvalue weighted by Crippen LogP contribution is -2.69. The van der Waals surface area contributed by atoms with Gasteiger partial charge >= 0.3 is 5.97 Å². The van der Waals surface area contributed by atoms with Crippen molar-refractivity contribution in [3.63, 3.8) is 0 Å². The third-order valence-corrected chi connectivity index (χ3v) is 11.4. The summed E-state index contributed by atoms with van der Waals surface area (Å²) in [5, 5.41) is 0. The van der Waals surface area contributed by atoms with Gasteiger partial charge in [0.2, 0.25) is 0 Å². The predicted octanol–water partition coefficient (Wildman–Crippen LogP) is 6.52. The number of hydrogen-bond acceptors (Lipinski definition) is 5. The van der Waals surface area contributed by atoms with Crippen LogP contribution in [-0.2, 0) is 14.3 Å². The van der Waals surface area contributed by atoms with Crippen molar-refractivity contribution in [1.82, 2.24) is 0 Å². The summed E-state index contributed by atoms with van der Waals surface area (Å²) in [4.78, 5) is 27.5. The summed E-state index contributed by atoms with van der Waals surface area (Å²) < 4.78 is 18.7. The third-order valence-electron chi connectivity index (χ3n) is 11.4. The van der Waals surface area contributed by atoms with Crippen molar-refractivity contribution >= 4 is 11.8 Å². The van der Waals surface area contributed by atoms with Crippen LogP contribution in [0.15, 0.2) is 77.1 Å². The van der Waals surface area contributed by atoms with E-state index in [0.717, 1.165) is 19.3 Å². The molecule has 5 aliphatic rings. The number of ether oxygens (including phenoxy) is 2. The molecule has 5 nitrogen and oxygen atoms in total. The summed E-state index contributed by atoms with van der Waals surface area (Å²) in [6, 6.07) is 11.3. The molecule has 3 fully saturated rings. The lowest BCUT2D eigenvalue weighted by Gasteiger charge is -2.66. The molecule has 2 aromatic rings. The fourth-order valence-corrected chi connectivity index (χ4v) is 9.80. The number of allylic oxidation sites excluding steroid dienone is 2. The fourth-order valence-electron chi connectivity index (χ4n) is 9.80. The maximum atomic E-state index is 13.9. The van der Waals surface area contributed by atoms with Crippen LogP contribution in [-0.4, -0.2) is 30.6 Å². The Morgan fingerprint density at radius 3 is 2.58 bits per heavy atom. The SMILES string of the molecule is CC12C=CC(=O)C3(C)C1C(OC2)C(OC(=O)c1ccccc1)C1(C)C2=CCC(c4ccoc4)C2(C)CCC13. The fraction of sp³-hybridized carbons (Fsp3) is 0.515. The molecule has 1 saturated heterocycles. The summed E-state index contributed by atoms with van der Waals surface area (Å²) in [7, 11) is 0. The number of carbonyl (C=O) groups excluding carboxylic acids is 2. The van der Waals surface area contributed by atoms with Crippen LogP contribution in [0.5, 0.6) is 0 Å². The smallest absolute Gasteiger partial charge is 0.338 e. The minimum Gasteiger partial charge on any atom is -0.472 e. The van der Waals surface area contributed by atoms with Crippen LogP contribution in [0.4, 0.5) is 0 Å². The number of rotatable bonds is 3. The molecule has 9 atom stereocenters. The van der Waals surface area contributed by atoms with Crippen molar-refractivity contribution in [2.24, 2.45) is 33.5 Å². The lowest BCUT2D eigenvalue weighted by atomic mass is 9.38. The van der Waals surface area contributed by atoms with Crippen molar-refractivity contribution in [2.45, 2.75) is 65.1 Å². The second-order valence-corrected chi connectivity index (χ2v) is 13.2. The summed E-state index contributed by atoms with van der Waals surface area (Å²) in [5.74, 6) is 0.141. The number of ketones is 1. The largest absolute Gasteiger partial charge is 0.472 e. The van der Waals surface area contributed by atoms with E-state index in [4.69, 9.17) is 13.9 Å². The second-order valence-electron chi connectivity index (χ2n) is 13.2. The third kappa shape index (κ3) is 2.86. The topological polar surface area (TPSA) is 65.7 Å². The molecule has 38 heavy (non-hydrogen) atoms. The first kappa shape index (κ1) is 24.1. The Hall–Kier alpha value is -2.92. The zero-order chi connectivity index (χ0) is 26.5. The Balaban J connectivity index is 1.39. The van der Waals surface area contributed by atoms with E-state index in [1.165, 1.54) is 11.1 Å². The van der Waals surface area contributed by atoms with Crippen LogP contribution < -0.4 is 0 Å². The van der Waals surface area contributed by atoms with Gasteiger partial charge in [-0.25, -0.2) is 4.79 Å². The van der Waals surface area contributed by atoms with E-state index in [-0.39, 0.29) is 40.5 Å². The maximum absolute atomic E-state index is 13.9. The molecule has 4 aliphatic carbocycles. The molecule has 0 N–H and O–H groups in total. The summed E-state index contributed by atoms with van der Waals surface area (Å²) in [5.41, 5.74) is 1.54. The summed E-state index contributed by atoms with van der Waals surface area (Å²) in [6.45, 7) is 9.52. The Morgan fingerprint density at radius 1 is 1.05 bits per heavy atom. The highest BCUT2D eigenvalue weighted by Crippen LogP contribution is 2.74. The van der Waals surface area contributed by atoms with E-state index < -0.39 is 16.9 Å². The van der Waals surface area contributed by atoms with Crippen LogP contribution in [0.1, 0.15) is 68.8 Å². The number of carbonyl (C=O) groups is 2. The standard InChI is InChI=1S/C33H36O5/c1-30-15-13-25(34)33(4)24-12-16-31(2)22(21-14-17-36-18-21)10-11-23(31)32(24,3)28(26(27(30)33)37-19-30)38-29(35)20-8-6-5-7-9-20/h5-9,11,13-15,17-18,22,24,26-28H,10,12,16,19H2,1-4H3. The van der Waals surface area contributed by atoms with Gasteiger partial charge in [-0.15, -0.1) is 0 Å². The minimum absolute atomic E-state index is 0.0331. The second kappa shape index (κ2) is 7.81. The van der Waals surface area contributed by atoms with Crippen molar-refractivity contribution < 1.29 is 23.5 Å². The van der Waals surface area contributed by atoms with Crippen LogP contribution in [0.2, 0.25) is 0 Å². The Kier molecular flexibility index (Phi) is 4.97. The van der Waals surface area contributed by atoms with Crippen molar-refractivity contribution in [2.75, 3.05) is 6.61 Å². The van der Waals surface area contributed by atoms with Gasteiger partial charge in [0.25, 0.3) is 0 Å². The Labute approximate surface area is 224 Å². The molecule has 0 bridgehead atoms. The van der Waals surface area contributed by atoms with Crippen molar-refractivity contribution in [1.29, 1.82) is 0 Å². The number of furan rings is 1. The van der Waals surface area contributed by atoms with Gasteiger partial charge < -0.3 is 13.9 Å². The zero-order valence-electron chi connectivity index (χ0n) is 22.6. The summed E-state index contributed by atoms with van der Waals surface area (Å²) in [6.07, 6.45) is 11.8. The number of esters is 1. The molecule has 7 rings (SSSR count). The highest BCUT2D eigenvalue weighted by atomic mass is 16.6. The Bertz CT molecular complexity index is 1360. The minimum atomic E-state index is -0.592. The molecule has 2 saturated carbocycles. The molecule has 2 heterocycles. The molecule has 1 aromatic carbocycles. The highest BCUT2D eigenvalue weighted by Gasteiger charge is 2.75. The van der Waals surface area contributed by atoms with Crippen LogP contribution in [0.25, 0.3) is 0 Å². The zero-order valence-corrected chi connectivity index (χ0v) is 22.6. The van der Waals surface area contributed by atoms with E-state index in [9.17, 15) is 9.59 Å². The van der Waals surface area contributed by atoms with Gasteiger partial charge in [0.15, 0.2) is 5.78 Å². The normalized spacial score (nSPS) is 44.7. The van der Waals surface area contributed by atoms with E-state index in [1.54, 1.807) is 18.4 Å². The van der Waals surface area contributed by atoms with Gasteiger partial charge in [-0.05, 0) is 66.4 Å². The van der Waals surface area contributed by atoms with Crippen molar-refractivity contribution in [3.8, 4) is 0 Å². The average molecular weight is 513 g/mol. The molecular formula is C33H36O5. The molecule has 198 valence electrons. The van der Waals surface area contributed by atoms with Gasteiger partial charge in [-0.1, -0.05) is 63.6 Å². The average Bonchev–Trinajstić information content (AvgIpc) is 3.63. The molecule has 0 spiro atoms. The van der Waals surface area contributed by atoms with Gasteiger partial charge in [-0.2, -0.15) is 0 Å². The predicted molar refractivity (Wildman–Crippen MR) is 142 cm³/mol. The molecule has 0 amide bonds. The van der Waals surface area contributed by atoms with Gasteiger partial charge in [0.1, 0.15) is 12.2 Å². The first-order valence-corrected chi connectivity index (χ1v) is 14.0. The summed E-state index contributed by atoms with van der Waals surface area (Å²) >= 11 is 0. The van der Waals surface area contributed by atoms with Gasteiger partial charge in [-0.3, -0.25) is 4.79 Å². The van der Waals surface area contributed by atoms with Crippen LogP contribution in [0.3, 0.4) is 0 Å².